The molecule has 1 N–H and O–H groups in total. The average Bonchev–Trinajstić information content (AvgIpc) is 3.57. The number of anilines is 1. The SMILES string of the molecule is CC(C)n1cnc2cc(-c3ccc4c(c3)N(C3CC(N5CCCCC5)C3)C(=O)C43CCNCC3)nc(Oc3ccccc3F)c21. The first-order chi connectivity index (χ1) is 21.9. The molecule has 2 saturated heterocycles. The fourth-order valence-corrected chi connectivity index (χ4v) is 8.07. The third-order valence-corrected chi connectivity index (χ3v) is 10.6. The number of rotatable bonds is 6. The van der Waals surface area contributed by atoms with Crippen LogP contribution in [0.4, 0.5) is 10.1 Å². The van der Waals surface area contributed by atoms with E-state index in [0.29, 0.717) is 17.6 Å². The summed E-state index contributed by atoms with van der Waals surface area (Å²) in [5, 5.41) is 3.47. The van der Waals surface area contributed by atoms with Gasteiger partial charge in [-0.1, -0.05) is 30.7 Å². The quantitative estimate of drug-likeness (QED) is 0.266. The van der Waals surface area contributed by atoms with Crippen molar-refractivity contribution in [1.82, 2.24) is 24.8 Å². The Hall–Kier alpha value is -3.82. The highest BCUT2D eigenvalue weighted by Gasteiger charge is 2.54. The first-order valence-electron chi connectivity index (χ1n) is 16.7. The van der Waals surface area contributed by atoms with Gasteiger partial charge in [0.1, 0.15) is 5.52 Å². The molecule has 3 fully saturated rings. The van der Waals surface area contributed by atoms with Gasteiger partial charge in [-0.3, -0.25) is 4.79 Å². The number of pyridine rings is 1. The largest absolute Gasteiger partial charge is 0.434 e. The average molecular weight is 609 g/mol. The van der Waals surface area contributed by atoms with Crippen molar-refractivity contribution < 1.29 is 13.9 Å². The second-order valence-corrected chi connectivity index (χ2v) is 13.6. The molecule has 0 radical (unpaired) electrons. The number of ether oxygens (including phenoxy) is 1. The number of para-hydroxylation sites is 1. The van der Waals surface area contributed by atoms with E-state index in [1.54, 1.807) is 24.5 Å². The van der Waals surface area contributed by atoms with Crippen LogP contribution >= 0.6 is 0 Å². The molecular weight excluding hydrogens is 567 g/mol. The minimum Gasteiger partial charge on any atom is -0.434 e. The van der Waals surface area contributed by atoms with E-state index in [1.165, 1.54) is 38.4 Å². The number of fused-ring (bicyclic) bond motifs is 3. The van der Waals surface area contributed by atoms with E-state index in [4.69, 9.17) is 14.7 Å². The van der Waals surface area contributed by atoms with Gasteiger partial charge in [-0.2, -0.15) is 0 Å². The predicted octanol–water partition coefficient (Wildman–Crippen LogP) is 6.60. The lowest BCUT2D eigenvalue weighted by atomic mass is 9.74. The van der Waals surface area contributed by atoms with Gasteiger partial charge in [-0.25, -0.2) is 14.4 Å². The lowest BCUT2D eigenvalue weighted by Gasteiger charge is -2.48. The predicted molar refractivity (Wildman–Crippen MR) is 173 cm³/mol. The van der Waals surface area contributed by atoms with Gasteiger partial charge in [-0.05, 0) is 108 Å². The molecule has 2 aromatic carbocycles. The third kappa shape index (κ3) is 4.74. The molecule has 1 aliphatic carbocycles. The summed E-state index contributed by atoms with van der Waals surface area (Å²) < 4.78 is 22.9. The number of nitrogens with zero attached hydrogens (tertiary/aromatic N) is 5. The van der Waals surface area contributed by atoms with Crippen molar-refractivity contribution >= 4 is 22.6 Å². The number of hydrogen-bond acceptors (Lipinski definition) is 6. The Morgan fingerprint density at radius 3 is 2.53 bits per heavy atom. The van der Waals surface area contributed by atoms with Gasteiger partial charge in [0.05, 0.1) is 23.0 Å². The van der Waals surface area contributed by atoms with E-state index < -0.39 is 11.2 Å². The summed E-state index contributed by atoms with van der Waals surface area (Å²) in [5.41, 5.74) is 4.73. The van der Waals surface area contributed by atoms with Crippen LogP contribution in [0.5, 0.6) is 11.6 Å². The Morgan fingerprint density at radius 1 is 1.00 bits per heavy atom. The van der Waals surface area contributed by atoms with Crippen LogP contribution in [0.1, 0.15) is 70.4 Å². The fourth-order valence-electron chi connectivity index (χ4n) is 8.07. The zero-order chi connectivity index (χ0) is 30.7. The Balaban J connectivity index is 1.20. The maximum Gasteiger partial charge on any atom is 0.246 e. The summed E-state index contributed by atoms with van der Waals surface area (Å²) in [5.74, 6) is 0.244. The molecule has 1 amide bonds. The Kier molecular flexibility index (Phi) is 7.13. The molecule has 1 spiro atoms. The normalized spacial score (nSPS) is 23.1. The molecule has 4 aliphatic rings. The first kappa shape index (κ1) is 28.6. The maximum atomic E-state index is 14.7. The number of aromatic nitrogens is 3. The van der Waals surface area contributed by atoms with Crippen LogP contribution in [-0.2, 0) is 10.2 Å². The number of halogens is 1. The van der Waals surface area contributed by atoms with Crippen LogP contribution in [0.25, 0.3) is 22.3 Å². The highest BCUT2D eigenvalue weighted by Crippen LogP contribution is 2.51. The fraction of sp³-hybridized carbons (Fsp3) is 0.472. The van der Waals surface area contributed by atoms with Crippen molar-refractivity contribution in [2.75, 3.05) is 31.1 Å². The lowest BCUT2D eigenvalue weighted by molar-refractivity contribution is -0.125. The number of benzene rings is 2. The van der Waals surface area contributed by atoms with Gasteiger partial charge in [0.15, 0.2) is 11.6 Å². The number of hydrogen-bond donors (Lipinski definition) is 1. The topological polar surface area (TPSA) is 75.5 Å². The summed E-state index contributed by atoms with van der Waals surface area (Å²) in [6.07, 6.45) is 9.36. The van der Waals surface area contributed by atoms with Crippen molar-refractivity contribution in [2.24, 2.45) is 0 Å². The third-order valence-electron chi connectivity index (χ3n) is 10.6. The second kappa shape index (κ2) is 11.2. The molecule has 8 nitrogen and oxygen atoms in total. The molecule has 4 aromatic rings. The van der Waals surface area contributed by atoms with Gasteiger partial charge in [0, 0.05) is 29.4 Å². The standard InChI is InChI=1S/C36H41FN6O2/c1-23(2)42-22-39-30-21-29(40-34(33(30)42)45-32-9-5-4-8-28(32)37)24-10-11-27-31(18-24)43(35(44)36(27)12-14-38-15-13-36)26-19-25(20-26)41-16-6-3-7-17-41/h4-5,8-11,18,21-23,25-26,38H,3,6-7,12-17,19-20H2,1-2H3. The van der Waals surface area contributed by atoms with Gasteiger partial charge >= 0.3 is 0 Å². The van der Waals surface area contributed by atoms with Crippen LogP contribution in [0.15, 0.2) is 54.9 Å². The van der Waals surface area contributed by atoms with Crippen molar-refractivity contribution in [3.8, 4) is 22.9 Å². The molecule has 8 rings (SSSR count). The van der Waals surface area contributed by atoms with Gasteiger partial charge in [0.25, 0.3) is 0 Å². The molecule has 0 unspecified atom stereocenters. The number of carbonyl (C=O) groups excluding carboxylic acids is 1. The molecule has 0 atom stereocenters. The van der Waals surface area contributed by atoms with Gasteiger partial charge in [-0.15, -0.1) is 0 Å². The Labute approximate surface area is 263 Å². The molecular formula is C36H41FN6O2. The van der Waals surface area contributed by atoms with Crippen molar-refractivity contribution in [2.45, 2.75) is 82.3 Å². The minimum atomic E-state index is -0.470. The molecule has 3 aliphatic heterocycles. The first-order valence-corrected chi connectivity index (χ1v) is 16.7. The zero-order valence-electron chi connectivity index (χ0n) is 26.1. The zero-order valence-corrected chi connectivity index (χ0v) is 26.1. The van der Waals surface area contributed by atoms with Gasteiger partial charge in [0.2, 0.25) is 11.8 Å². The highest BCUT2D eigenvalue weighted by molar-refractivity contribution is 6.09. The summed E-state index contributed by atoms with van der Waals surface area (Å²) in [4.78, 5) is 28.9. The van der Waals surface area contributed by atoms with Crippen LogP contribution in [-0.4, -0.2) is 63.6 Å². The molecule has 234 valence electrons. The number of piperidine rings is 2. The van der Waals surface area contributed by atoms with Crippen LogP contribution in [0.2, 0.25) is 0 Å². The van der Waals surface area contributed by atoms with E-state index in [1.807, 2.05) is 10.6 Å². The Bertz CT molecular complexity index is 1750. The van der Waals surface area contributed by atoms with E-state index in [0.717, 1.165) is 66.6 Å². The molecule has 2 aromatic heterocycles. The summed E-state index contributed by atoms with van der Waals surface area (Å²) in [6.45, 7) is 8.19. The van der Waals surface area contributed by atoms with Crippen LogP contribution in [0.3, 0.4) is 0 Å². The monoisotopic (exact) mass is 608 g/mol. The molecule has 9 heteroatoms. The van der Waals surface area contributed by atoms with E-state index in [-0.39, 0.29) is 23.7 Å². The van der Waals surface area contributed by atoms with E-state index >= 15 is 0 Å². The summed E-state index contributed by atoms with van der Waals surface area (Å²) in [7, 11) is 0. The highest BCUT2D eigenvalue weighted by atomic mass is 19.1. The van der Waals surface area contributed by atoms with Crippen molar-refractivity contribution in [3.05, 3.63) is 66.2 Å². The van der Waals surface area contributed by atoms with Crippen molar-refractivity contribution in [1.29, 1.82) is 0 Å². The van der Waals surface area contributed by atoms with E-state index in [9.17, 15) is 9.18 Å². The molecule has 5 heterocycles. The minimum absolute atomic E-state index is 0.114. The maximum absolute atomic E-state index is 14.7. The summed E-state index contributed by atoms with van der Waals surface area (Å²) >= 11 is 0. The number of carbonyl (C=O) groups is 1. The smallest absolute Gasteiger partial charge is 0.246 e. The van der Waals surface area contributed by atoms with Gasteiger partial charge < -0.3 is 24.4 Å². The van der Waals surface area contributed by atoms with Crippen molar-refractivity contribution in [3.63, 3.8) is 0 Å². The van der Waals surface area contributed by atoms with E-state index in [2.05, 4.69) is 47.2 Å². The van der Waals surface area contributed by atoms with Crippen LogP contribution in [0, 0.1) is 5.82 Å². The molecule has 45 heavy (non-hydrogen) atoms. The second-order valence-electron chi connectivity index (χ2n) is 13.6. The number of imidazole rings is 1. The molecule has 0 bridgehead atoms. The number of amides is 1. The molecule has 1 saturated carbocycles. The Morgan fingerprint density at radius 2 is 1.78 bits per heavy atom. The van der Waals surface area contributed by atoms with Crippen LogP contribution < -0.4 is 15.0 Å². The summed E-state index contributed by atoms with van der Waals surface area (Å²) in [6, 6.07) is 15.6. The lowest BCUT2D eigenvalue weighted by Crippen LogP contribution is -2.58. The number of nitrogens with one attached hydrogen (secondary N) is 1. The number of likely N-dealkylation sites (tertiary alicyclic amines) is 1.